The molecule has 0 unspecified atom stereocenters. The molecule has 9 heteroatoms. The molecule has 1 aromatic carbocycles. The first kappa shape index (κ1) is 19.1. The van der Waals surface area contributed by atoms with Crippen LogP contribution in [0, 0.1) is 0 Å². The van der Waals surface area contributed by atoms with Crippen LogP contribution in [0.15, 0.2) is 35.5 Å². The smallest absolute Gasteiger partial charge is 0.296 e. The summed E-state index contributed by atoms with van der Waals surface area (Å²) in [6.07, 6.45) is 1.54. The van der Waals surface area contributed by atoms with E-state index in [1.807, 2.05) is 6.26 Å². The van der Waals surface area contributed by atoms with Gasteiger partial charge >= 0.3 is 0 Å². The van der Waals surface area contributed by atoms with Gasteiger partial charge in [-0.3, -0.25) is 4.57 Å². The van der Waals surface area contributed by atoms with Crippen LogP contribution in [0.25, 0.3) is 16.9 Å². The summed E-state index contributed by atoms with van der Waals surface area (Å²) in [5.41, 5.74) is 1.03. The summed E-state index contributed by atoms with van der Waals surface area (Å²) >= 11 is 1.31. The Bertz CT molecular complexity index is 974. The maximum Gasteiger partial charge on any atom is 0.296 e. The Kier molecular flexibility index (Phi) is 5.45. The first-order valence-electron chi connectivity index (χ1n) is 9.09. The molecule has 148 valence electrons. The predicted octanol–water partition coefficient (Wildman–Crippen LogP) is 4.16. The number of para-hydroxylation sites is 2. The number of fused-ring (bicyclic) bond motifs is 1. The minimum absolute atomic E-state index is 0.0602. The van der Waals surface area contributed by atoms with Crippen molar-refractivity contribution in [3.8, 4) is 11.7 Å². The zero-order valence-electron chi connectivity index (χ0n) is 15.3. The fourth-order valence-corrected chi connectivity index (χ4v) is 3.79. The summed E-state index contributed by atoms with van der Waals surface area (Å²) in [5, 5.41) is 10.1. The predicted molar refractivity (Wildman–Crippen MR) is 102 cm³/mol. The number of rotatable bonds is 5. The van der Waals surface area contributed by atoms with Gasteiger partial charge < -0.3 is 9.84 Å². The number of halogens is 2. The second-order valence-corrected chi connectivity index (χ2v) is 7.47. The summed E-state index contributed by atoms with van der Waals surface area (Å²) in [4.78, 5) is 12.9. The van der Waals surface area contributed by atoms with E-state index in [9.17, 15) is 13.9 Å². The highest BCUT2D eigenvalue weighted by Crippen LogP contribution is 2.30. The number of benzene rings is 1. The van der Waals surface area contributed by atoms with Crippen LogP contribution >= 0.6 is 11.8 Å². The average Bonchev–Trinajstić information content (AvgIpc) is 3.09. The van der Waals surface area contributed by atoms with E-state index in [-0.39, 0.29) is 18.0 Å². The first-order valence-corrected chi connectivity index (χ1v) is 10.3. The third-order valence-electron chi connectivity index (χ3n) is 4.79. The van der Waals surface area contributed by atoms with E-state index in [1.54, 1.807) is 30.3 Å². The highest BCUT2D eigenvalue weighted by Gasteiger charge is 2.24. The summed E-state index contributed by atoms with van der Waals surface area (Å²) in [6.45, 7) is 0. The zero-order chi connectivity index (χ0) is 19.7. The Labute approximate surface area is 165 Å². The van der Waals surface area contributed by atoms with Gasteiger partial charge in [0.1, 0.15) is 11.9 Å². The molecule has 1 aliphatic carbocycles. The van der Waals surface area contributed by atoms with Crippen molar-refractivity contribution in [2.45, 2.75) is 49.5 Å². The van der Waals surface area contributed by atoms with Gasteiger partial charge in [0.25, 0.3) is 6.43 Å². The Morgan fingerprint density at radius 2 is 1.89 bits per heavy atom. The van der Waals surface area contributed by atoms with Crippen LogP contribution < -0.4 is 4.74 Å². The van der Waals surface area contributed by atoms with Crippen molar-refractivity contribution in [2.75, 3.05) is 6.26 Å². The van der Waals surface area contributed by atoms with Crippen LogP contribution in [0.2, 0.25) is 0 Å². The van der Waals surface area contributed by atoms with Gasteiger partial charge in [0, 0.05) is 6.07 Å². The van der Waals surface area contributed by atoms with E-state index in [0.29, 0.717) is 40.7 Å². The molecule has 0 radical (unpaired) electrons. The van der Waals surface area contributed by atoms with Gasteiger partial charge in [-0.05, 0) is 44.1 Å². The fraction of sp³-hybridized carbons (Fsp3) is 0.421. The molecule has 0 spiro atoms. The highest BCUT2D eigenvalue weighted by atomic mass is 32.2. The summed E-state index contributed by atoms with van der Waals surface area (Å²) < 4.78 is 34.7. The van der Waals surface area contributed by atoms with Crippen molar-refractivity contribution >= 4 is 22.8 Å². The van der Waals surface area contributed by atoms with Crippen molar-refractivity contribution in [1.29, 1.82) is 0 Å². The summed E-state index contributed by atoms with van der Waals surface area (Å²) in [6, 6.07) is 8.54. The molecule has 2 heterocycles. The molecular weight excluding hydrogens is 386 g/mol. The largest absolute Gasteiger partial charge is 0.474 e. The molecule has 6 nitrogen and oxygen atoms in total. The number of aromatic nitrogens is 4. The first-order chi connectivity index (χ1) is 13.5. The number of aliphatic hydroxyl groups excluding tert-OH is 1. The normalized spacial score (nSPS) is 20.0. The van der Waals surface area contributed by atoms with Crippen LogP contribution in [-0.4, -0.2) is 43.1 Å². The second-order valence-electron chi connectivity index (χ2n) is 6.69. The number of ether oxygens (including phenoxy) is 1. The molecule has 4 rings (SSSR count). The lowest BCUT2D eigenvalue weighted by molar-refractivity contribution is 0.0639. The Morgan fingerprint density at radius 1 is 1.14 bits per heavy atom. The van der Waals surface area contributed by atoms with Crippen LogP contribution in [-0.2, 0) is 0 Å². The third-order valence-corrected chi connectivity index (χ3v) is 5.34. The number of hydrogen-bond acceptors (Lipinski definition) is 6. The molecule has 1 fully saturated rings. The van der Waals surface area contributed by atoms with Crippen molar-refractivity contribution in [2.24, 2.45) is 0 Å². The molecule has 1 saturated carbocycles. The fourth-order valence-electron chi connectivity index (χ4n) is 3.42. The van der Waals surface area contributed by atoms with Gasteiger partial charge in [0.2, 0.25) is 5.88 Å². The maximum atomic E-state index is 13.7. The molecule has 0 aliphatic heterocycles. The summed E-state index contributed by atoms with van der Waals surface area (Å²) in [5.74, 6) is 0.279. The van der Waals surface area contributed by atoms with E-state index in [4.69, 9.17) is 4.74 Å². The third kappa shape index (κ3) is 3.81. The van der Waals surface area contributed by atoms with Gasteiger partial charge in [-0.2, -0.15) is 4.98 Å². The van der Waals surface area contributed by atoms with Crippen molar-refractivity contribution in [3.63, 3.8) is 0 Å². The van der Waals surface area contributed by atoms with E-state index in [1.165, 1.54) is 16.3 Å². The lowest BCUT2D eigenvalue weighted by atomic mass is 9.95. The number of aliphatic hydroxyl groups is 1. The Hall–Kier alpha value is -2.26. The minimum Gasteiger partial charge on any atom is -0.474 e. The highest BCUT2D eigenvalue weighted by molar-refractivity contribution is 7.98. The number of nitrogens with zero attached hydrogens (tertiary/aromatic N) is 4. The quantitative estimate of drug-likeness (QED) is 0.507. The minimum atomic E-state index is -2.75. The van der Waals surface area contributed by atoms with Crippen molar-refractivity contribution in [3.05, 3.63) is 36.2 Å². The molecule has 0 bridgehead atoms. The van der Waals surface area contributed by atoms with Gasteiger partial charge in [0.05, 0.1) is 17.1 Å². The number of thioether (sulfide) groups is 1. The lowest BCUT2D eigenvalue weighted by Gasteiger charge is -2.25. The standard InChI is InChI=1S/C19H20F2N4O2S/c1-28-19-23-15(10-16(24-19)27-12-8-6-11(26)7-9-12)25-14-5-3-2-4-13(14)22-18(25)17(20)21/h2-5,10-12,17,26H,6-9H2,1H3/t11-,12-. The van der Waals surface area contributed by atoms with Crippen LogP contribution in [0.5, 0.6) is 5.88 Å². The lowest BCUT2D eigenvalue weighted by Crippen LogP contribution is -2.27. The second kappa shape index (κ2) is 8.00. The molecule has 0 amide bonds. The topological polar surface area (TPSA) is 73.1 Å². The van der Waals surface area contributed by atoms with Gasteiger partial charge in [-0.1, -0.05) is 23.9 Å². The Morgan fingerprint density at radius 3 is 2.61 bits per heavy atom. The SMILES string of the molecule is CSc1nc(O[C@H]2CC[C@H](O)CC2)cc(-n2c(C(F)F)nc3ccccc32)n1. The average molecular weight is 406 g/mol. The molecule has 28 heavy (non-hydrogen) atoms. The van der Waals surface area contributed by atoms with Gasteiger partial charge in [-0.25, -0.2) is 18.7 Å². The van der Waals surface area contributed by atoms with Gasteiger partial charge in [-0.15, -0.1) is 0 Å². The molecule has 1 N–H and O–H groups in total. The maximum absolute atomic E-state index is 13.7. The number of imidazole rings is 1. The summed E-state index contributed by atoms with van der Waals surface area (Å²) in [7, 11) is 0. The van der Waals surface area contributed by atoms with Crippen molar-refractivity contribution < 1.29 is 18.6 Å². The van der Waals surface area contributed by atoms with Crippen LogP contribution in [0.1, 0.15) is 37.9 Å². The van der Waals surface area contributed by atoms with Crippen LogP contribution in [0.3, 0.4) is 0 Å². The Balaban J connectivity index is 1.76. The monoisotopic (exact) mass is 406 g/mol. The van der Waals surface area contributed by atoms with Crippen molar-refractivity contribution in [1.82, 2.24) is 19.5 Å². The van der Waals surface area contributed by atoms with E-state index >= 15 is 0 Å². The van der Waals surface area contributed by atoms with E-state index < -0.39 is 6.43 Å². The molecule has 3 aromatic rings. The van der Waals surface area contributed by atoms with Gasteiger partial charge in [0.15, 0.2) is 11.0 Å². The molecular formula is C19H20F2N4O2S. The van der Waals surface area contributed by atoms with Crippen LogP contribution in [0.4, 0.5) is 8.78 Å². The molecule has 2 aromatic heterocycles. The van der Waals surface area contributed by atoms with E-state index in [2.05, 4.69) is 15.0 Å². The zero-order valence-corrected chi connectivity index (χ0v) is 16.1. The molecule has 1 aliphatic rings. The number of hydrogen-bond donors (Lipinski definition) is 1. The number of alkyl halides is 2. The molecule has 0 saturated heterocycles. The van der Waals surface area contributed by atoms with E-state index in [0.717, 1.165) is 12.8 Å². The molecule has 0 atom stereocenters.